The highest BCUT2D eigenvalue weighted by molar-refractivity contribution is 8.44. The second-order valence-corrected chi connectivity index (χ2v) is 11.1. The highest BCUT2D eigenvalue weighted by Gasteiger charge is 2.38. The van der Waals surface area contributed by atoms with E-state index in [4.69, 9.17) is 0 Å². The van der Waals surface area contributed by atoms with E-state index in [1.165, 1.54) is 35.7 Å². The summed E-state index contributed by atoms with van der Waals surface area (Å²) in [6, 6.07) is 5.69. The first kappa shape index (κ1) is 19.6. The first-order valence-corrected chi connectivity index (χ1v) is 11.8. The molecule has 2 unspecified atom stereocenters. The third-order valence-corrected chi connectivity index (χ3v) is 9.90. The number of nitrogens with one attached hydrogen (secondary N) is 1. The molecule has 1 spiro atoms. The first-order valence-electron chi connectivity index (χ1n) is 9.77. The zero-order valence-electron chi connectivity index (χ0n) is 16.5. The number of halogens is 1. The van der Waals surface area contributed by atoms with Gasteiger partial charge in [0.1, 0.15) is 5.82 Å². The lowest BCUT2D eigenvalue weighted by atomic mass is 9.81. The van der Waals surface area contributed by atoms with Crippen LogP contribution in [0.3, 0.4) is 0 Å². The third kappa shape index (κ3) is 3.89. The summed E-state index contributed by atoms with van der Waals surface area (Å²) in [5.74, 6) is 3.69. The fraction of sp³-hybridized carbons (Fsp3) is 0.619. The van der Waals surface area contributed by atoms with Gasteiger partial charge in [-0.25, -0.2) is 4.39 Å². The number of nitrogens with zero attached hydrogens (tertiary/aromatic N) is 2. The van der Waals surface area contributed by atoms with Crippen molar-refractivity contribution in [2.75, 3.05) is 25.1 Å². The van der Waals surface area contributed by atoms with Crippen molar-refractivity contribution in [3.63, 3.8) is 0 Å². The van der Waals surface area contributed by atoms with Gasteiger partial charge < -0.3 is 5.32 Å². The van der Waals surface area contributed by atoms with Crippen molar-refractivity contribution in [3.05, 3.63) is 24.0 Å². The molecular formula is C21H32FN3S. The molecule has 3 rings (SSSR count). The summed E-state index contributed by atoms with van der Waals surface area (Å²) in [5.41, 5.74) is 4.21. The minimum absolute atomic E-state index is 0.178. The standard InChI is InChI=1S/C21H32FN3S/c1-5-19(16(3)24-13-15(2)23-4)17-8-10-26(11-9-17)14-25-20-12-18(22)6-7-21(20)26/h6-7,12,14,16-17,19,24H,5,8-11,13H2,1-4H3. The number of hydrogen-bond acceptors (Lipinski definition) is 3. The van der Waals surface area contributed by atoms with E-state index >= 15 is 0 Å². The number of rotatable bonds is 6. The Kier molecular flexibility index (Phi) is 6.18. The van der Waals surface area contributed by atoms with Gasteiger partial charge in [0.25, 0.3) is 0 Å². The average molecular weight is 378 g/mol. The molecule has 1 aromatic rings. The Morgan fingerprint density at radius 1 is 1.38 bits per heavy atom. The molecule has 1 saturated heterocycles. The van der Waals surface area contributed by atoms with Gasteiger partial charge in [0, 0.05) is 41.9 Å². The van der Waals surface area contributed by atoms with Crippen LogP contribution in [0.25, 0.3) is 0 Å². The molecule has 0 saturated carbocycles. The Labute approximate surface area is 158 Å². The van der Waals surface area contributed by atoms with Gasteiger partial charge in [-0.3, -0.25) is 9.98 Å². The van der Waals surface area contributed by atoms with E-state index in [1.807, 2.05) is 13.1 Å². The molecule has 144 valence electrons. The van der Waals surface area contributed by atoms with Crippen molar-refractivity contribution >= 4 is 27.0 Å². The predicted octanol–water partition coefficient (Wildman–Crippen LogP) is 5.17. The van der Waals surface area contributed by atoms with Crippen molar-refractivity contribution in [2.45, 2.75) is 51.0 Å². The van der Waals surface area contributed by atoms with Gasteiger partial charge in [-0.05, 0) is 62.2 Å². The van der Waals surface area contributed by atoms with Crippen LogP contribution < -0.4 is 5.32 Å². The summed E-state index contributed by atoms with van der Waals surface area (Å²) < 4.78 is 13.5. The van der Waals surface area contributed by atoms with E-state index in [0.717, 1.165) is 23.9 Å². The highest BCUT2D eigenvalue weighted by atomic mass is 32.3. The van der Waals surface area contributed by atoms with Crippen LogP contribution in [0.5, 0.6) is 0 Å². The van der Waals surface area contributed by atoms with Gasteiger partial charge >= 0.3 is 0 Å². The van der Waals surface area contributed by atoms with Gasteiger partial charge in [-0.15, -0.1) is 0 Å². The van der Waals surface area contributed by atoms with E-state index in [2.05, 4.69) is 41.6 Å². The van der Waals surface area contributed by atoms with Crippen molar-refractivity contribution in [1.29, 1.82) is 0 Å². The highest BCUT2D eigenvalue weighted by Crippen LogP contribution is 2.64. The molecule has 2 atom stereocenters. The molecule has 2 aliphatic rings. The van der Waals surface area contributed by atoms with Gasteiger partial charge in [-0.2, -0.15) is 10.0 Å². The van der Waals surface area contributed by atoms with Crippen molar-refractivity contribution < 1.29 is 4.39 Å². The van der Waals surface area contributed by atoms with Crippen LogP contribution >= 0.6 is 10.0 Å². The lowest BCUT2D eigenvalue weighted by molar-refractivity contribution is 0.241. The first-order chi connectivity index (χ1) is 12.5. The summed E-state index contributed by atoms with van der Waals surface area (Å²) in [6.45, 7) is 7.59. The zero-order chi connectivity index (χ0) is 18.7. The Hall–Kier alpha value is -1.20. The van der Waals surface area contributed by atoms with Crippen LogP contribution in [0.1, 0.15) is 40.0 Å². The molecule has 0 amide bonds. The molecule has 0 aliphatic carbocycles. The molecular weight excluding hydrogens is 345 g/mol. The summed E-state index contributed by atoms with van der Waals surface area (Å²) in [5, 5.41) is 3.67. The molecule has 2 aliphatic heterocycles. The smallest absolute Gasteiger partial charge is 0.125 e. The van der Waals surface area contributed by atoms with E-state index in [0.29, 0.717) is 12.0 Å². The molecule has 0 aromatic heterocycles. The van der Waals surface area contributed by atoms with Crippen LogP contribution in [0.2, 0.25) is 0 Å². The average Bonchev–Trinajstić information content (AvgIpc) is 2.99. The molecule has 0 bridgehead atoms. The van der Waals surface area contributed by atoms with Crippen LogP contribution in [0.4, 0.5) is 10.1 Å². The summed E-state index contributed by atoms with van der Waals surface area (Å²) in [4.78, 5) is 10.1. The fourth-order valence-corrected chi connectivity index (χ4v) is 8.10. The van der Waals surface area contributed by atoms with Crippen molar-refractivity contribution in [1.82, 2.24) is 5.32 Å². The van der Waals surface area contributed by atoms with Crippen molar-refractivity contribution in [3.8, 4) is 0 Å². The predicted molar refractivity (Wildman–Crippen MR) is 113 cm³/mol. The number of hydrogen-bond donors (Lipinski definition) is 1. The lowest BCUT2D eigenvalue weighted by Crippen LogP contribution is -2.41. The largest absolute Gasteiger partial charge is 0.309 e. The molecule has 2 heterocycles. The van der Waals surface area contributed by atoms with Crippen LogP contribution in [-0.2, 0) is 0 Å². The fourth-order valence-electron chi connectivity index (χ4n) is 4.51. The summed E-state index contributed by atoms with van der Waals surface area (Å²) in [6.07, 6.45) is 3.71. The Morgan fingerprint density at radius 2 is 2.12 bits per heavy atom. The second-order valence-electron chi connectivity index (χ2n) is 7.74. The van der Waals surface area contributed by atoms with Gasteiger partial charge in [0.2, 0.25) is 0 Å². The van der Waals surface area contributed by atoms with Crippen LogP contribution in [0, 0.1) is 17.7 Å². The third-order valence-electron chi connectivity index (χ3n) is 6.24. The monoisotopic (exact) mass is 377 g/mol. The molecule has 1 aromatic carbocycles. The topological polar surface area (TPSA) is 36.8 Å². The van der Waals surface area contributed by atoms with Gasteiger partial charge in [0.15, 0.2) is 0 Å². The van der Waals surface area contributed by atoms with E-state index < -0.39 is 10.0 Å². The number of fused-ring (bicyclic) bond motifs is 2. The van der Waals surface area contributed by atoms with Gasteiger partial charge in [0.05, 0.1) is 5.69 Å². The normalized spacial score (nSPS) is 30.0. The second kappa shape index (κ2) is 8.22. The van der Waals surface area contributed by atoms with Crippen LogP contribution in [-0.4, -0.2) is 42.4 Å². The zero-order valence-corrected chi connectivity index (χ0v) is 17.3. The molecule has 0 radical (unpaired) electrons. The SMILES string of the molecule is CCC(C1CCS2(C=Nc3cc(F)ccc32)CC1)C(C)NCC(C)=NC. The molecule has 26 heavy (non-hydrogen) atoms. The van der Waals surface area contributed by atoms with E-state index in [9.17, 15) is 4.39 Å². The van der Waals surface area contributed by atoms with Gasteiger partial charge in [-0.1, -0.05) is 13.3 Å². The summed E-state index contributed by atoms with van der Waals surface area (Å²) in [7, 11) is 0.890. The maximum atomic E-state index is 13.5. The van der Waals surface area contributed by atoms with E-state index in [1.54, 1.807) is 12.1 Å². The Balaban J connectivity index is 1.64. The Morgan fingerprint density at radius 3 is 2.77 bits per heavy atom. The minimum Gasteiger partial charge on any atom is -0.309 e. The number of aliphatic imine (C=N–C) groups is 2. The quantitative estimate of drug-likeness (QED) is 0.682. The minimum atomic E-state index is -0.966. The molecule has 1 fully saturated rings. The maximum absolute atomic E-state index is 13.5. The molecule has 1 N–H and O–H groups in total. The summed E-state index contributed by atoms with van der Waals surface area (Å²) >= 11 is 0. The maximum Gasteiger partial charge on any atom is 0.125 e. The Bertz CT molecular complexity index is 692. The number of benzene rings is 1. The molecule has 5 heteroatoms. The van der Waals surface area contributed by atoms with Crippen molar-refractivity contribution in [2.24, 2.45) is 21.8 Å². The van der Waals surface area contributed by atoms with Crippen LogP contribution in [0.15, 0.2) is 33.1 Å². The lowest BCUT2D eigenvalue weighted by Gasteiger charge is -2.44. The molecule has 3 nitrogen and oxygen atoms in total. The van der Waals surface area contributed by atoms with E-state index in [-0.39, 0.29) is 5.82 Å².